The highest BCUT2D eigenvalue weighted by Gasteiger charge is 2.22. The van der Waals surface area contributed by atoms with E-state index in [0.717, 1.165) is 23.0 Å². The summed E-state index contributed by atoms with van der Waals surface area (Å²) in [6.07, 6.45) is 7.25. The van der Waals surface area contributed by atoms with Gasteiger partial charge < -0.3 is 5.73 Å². The average molecular weight is 257 g/mol. The van der Waals surface area contributed by atoms with Crippen LogP contribution in [0.15, 0.2) is 4.34 Å². The van der Waals surface area contributed by atoms with E-state index in [2.05, 4.69) is 16.3 Å². The third-order valence-electron chi connectivity index (χ3n) is 3.02. The van der Waals surface area contributed by atoms with Gasteiger partial charge in [-0.15, -0.1) is 0 Å². The highest BCUT2D eigenvalue weighted by Crippen LogP contribution is 2.33. The summed E-state index contributed by atoms with van der Waals surface area (Å²) < 4.78 is 5.41. The predicted octanol–water partition coefficient (Wildman–Crippen LogP) is 2.85. The Kier molecular flexibility index (Phi) is 4.61. The monoisotopic (exact) mass is 257 g/mol. The van der Waals surface area contributed by atoms with Crippen molar-refractivity contribution in [2.45, 2.75) is 61.1 Å². The molecule has 1 aliphatic carbocycles. The Hall–Kier alpha value is -0.130. The van der Waals surface area contributed by atoms with E-state index in [-0.39, 0.29) is 0 Å². The molecule has 0 bridgehead atoms. The van der Waals surface area contributed by atoms with Crippen LogP contribution in [0.2, 0.25) is 0 Å². The van der Waals surface area contributed by atoms with Crippen molar-refractivity contribution in [3.63, 3.8) is 0 Å². The molecule has 0 amide bonds. The molecule has 1 aliphatic rings. The summed E-state index contributed by atoms with van der Waals surface area (Å²) in [6.45, 7) is 2.09. The van der Waals surface area contributed by atoms with Crippen LogP contribution in [0.1, 0.15) is 44.9 Å². The van der Waals surface area contributed by atoms with E-state index in [4.69, 9.17) is 5.73 Å². The van der Waals surface area contributed by atoms with Gasteiger partial charge in [-0.05, 0) is 24.4 Å². The average Bonchev–Trinajstić information content (AvgIpc) is 2.65. The number of aryl methyl sites for hydroxylation is 1. The van der Waals surface area contributed by atoms with Gasteiger partial charge in [0.05, 0.1) is 0 Å². The van der Waals surface area contributed by atoms with Crippen molar-refractivity contribution >= 4 is 23.3 Å². The second-order valence-corrected chi connectivity index (χ2v) is 6.53. The Morgan fingerprint density at radius 3 is 2.94 bits per heavy atom. The minimum Gasteiger partial charge on any atom is -0.327 e. The molecule has 90 valence electrons. The standard InChI is InChI=1S/C11H19N3S2/c1-2-10-13-11(16-14-10)15-9-7-5-3-4-6-8(9)12/h8-9H,2-7,12H2,1H3. The Bertz CT molecular complexity index is 327. The van der Waals surface area contributed by atoms with Gasteiger partial charge in [-0.3, -0.25) is 0 Å². The molecule has 16 heavy (non-hydrogen) atoms. The summed E-state index contributed by atoms with van der Waals surface area (Å²) in [5.41, 5.74) is 6.20. The maximum atomic E-state index is 6.20. The van der Waals surface area contributed by atoms with Gasteiger partial charge >= 0.3 is 0 Å². The first-order valence-corrected chi connectivity index (χ1v) is 7.69. The SMILES string of the molecule is CCc1nsc(SC2CCCCCC2N)n1. The van der Waals surface area contributed by atoms with Gasteiger partial charge in [-0.1, -0.05) is 37.9 Å². The minimum absolute atomic E-state index is 0.335. The number of aromatic nitrogens is 2. The molecule has 0 aliphatic heterocycles. The molecule has 0 spiro atoms. The molecule has 2 unspecified atom stereocenters. The number of hydrogen-bond donors (Lipinski definition) is 1. The predicted molar refractivity (Wildman–Crippen MR) is 70.0 cm³/mol. The molecule has 2 rings (SSSR count). The van der Waals surface area contributed by atoms with E-state index < -0.39 is 0 Å². The molecule has 5 heteroatoms. The van der Waals surface area contributed by atoms with Crippen molar-refractivity contribution in [3.8, 4) is 0 Å². The molecule has 1 heterocycles. The number of thioether (sulfide) groups is 1. The molecule has 0 radical (unpaired) electrons. The summed E-state index contributed by atoms with van der Waals surface area (Å²) in [6, 6.07) is 0.335. The Balaban J connectivity index is 1.96. The van der Waals surface area contributed by atoms with Crippen LogP contribution in [-0.2, 0) is 6.42 Å². The van der Waals surface area contributed by atoms with Crippen molar-refractivity contribution in [3.05, 3.63) is 5.82 Å². The molecule has 1 fully saturated rings. The van der Waals surface area contributed by atoms with Crippen molar-refractivity contribution in [1.29, 1.82) is 0 Å². The Morgan fingerprint density at radius 1 is 1.38 bits per heavy atom. The first kappa shape index (κ1) is 12.3. The van der Waals surface area contributed by atoms with Crippen LogP contribution in [0, 0.1) is 0 Å². The van der Waals surface area contributed by atoms with Gasteiger partial charge in [-0.25, -0.2) is 4.98 Å². The zero-order valence-electron chi connectivity index (χ0n) is 9.69. The second-order valence-electron chi connectivity index (χ2n) is 4.29. The van der Waals surface area contributed by atoms with Crippen LogP contribution in [0.25, 0.3) is 0 Å². The molecule has 2 atom stereocenters. The highest BCUT2D eigenvalue weighted by molar-refractivity contribution is 8.01. The molecular weight excluding hydrogens is 238 g/mol. The lowest BCUT2D eigenvalue weighted by molar-refractivity contribution is 0.596. The van der Waals surface area contributed by atoms with Crippen molar-refractivity contribution in [2.24, 2.45) is 5.73 Å². The fourth-order valence-corrected chi connectivity index (χ4v) is 4.17. The third-order valence-corrected chi connectivity index (χ3v) is 5.26. The van der Waals surface area contributed by atoms with Crippen molar-refractivity contribution in [1.82, 2.24) is 9.36 Å². The van der Waals surface area contributed by atoms with Gasteiger partial charge in [0, 0.05) is 17.7 Å². The van der Waals surface area contributed by atoms with E-state index in [1.807, 2.05) is 11.8 Å². The lowest BCUT2D eigenvalue weighted by atomic mass is 10.1. The first-order chi connectivity index (χ1) is 7.79. The molecule has 1 aromatic heterocycles. The Labute approximate surface area is 105 Å². The van der Waals surface area contributed by atoms with Crippen LogP contribution in [0.5, 0.6) is 0 Å². The molecule has 3 nitrogen and oxygen atoms in total. The smallest absolute Gasteiger partial charge is 0.170 e. The maximum Gasteiger partial charge on any atom is 0.170 e. The van der Waals surface area contributed by atoms with Crippen LogP contribution in [0.4, 0.5) is 0 Å². The van der Waals surface area contributed by atoms with Gasteiger partial charge in [0.2, 0.25) is 0 Å². The normalized spacial score (nSPS) is 26.6. The zero-order chi connectivity index (χ0) is 11.4. The molecule has 0 saturated heterocycles. The third kappa shape index (κ3) is 3.18. The summed E-state index contributed by atoms with van der Waals surface area (Å²) in [4.78, 5) is 4.50. The molecule has 2 N–H and O–H groups in total. The van der Waals surface area contributed by atoms with E-state index in [1.54, 1.807) is 0 Å². The maximum absolute atomic E-state index is 6.20. The van der Waals surface area contributed by atoms with Gasteiger partial charge in [-0.2, -0.15) is 4.37 Å². The van der Waals surface area contributed by atoms with Gasteiger partial charge in [0.25, 0.3) is 0 Å². The summed E-state index contributed by atoms with van der Waals surface area (Å²) >= 11 is 3.36. The van der Waals surface area contributed by atoms with Crippen molar-refractivity contribution in [2.75, 3.05) is 0 Å². The summed E-state index contributed by atoms with van der Waals surface area (Å²) in [5, 5.41) is 0.542. The number of nitrogens with zero attached hydrogens (tertiary/aromatic N) is 2. The molecule has 0 aromatic carbocycles. The topological polar surface area (TPSA) is 51.8 Å². The second kappa shape index (κ2) is 5.98. The van der Waals surface area contributed by atoms with Crippen LogP contribution >= 0.6 is 23.3 Å². The van der Waals surface area contributed by atoms with Gasteiger partial charge in [0.1, 0.15) is 5.82 Å². The summed E-state index contributed by atoms with van der Waals surface area (Å²) in [5.74, 6) is 0.967. The van der Waals surface area contributed by atoms with Crippen molar-refractivity contribution < 1.29 is 0 Å². The lowest BCUT2D eigenvalue weighted by Gasteiger charge is -2.18. The Morgan fingerprint density at radius 2 is 2.19 bits per heavy atom. The highest BCUT2D eigenvalue weighted by atomic mass is 32.2. The fraction of sp³-hybridized carbons (Fsp3) is 0.818. The molecular formula is C11H19N3S2. The summed E-state index contributed by atoms with van der Waals surface area (Å²) in [7, 11) is 0. The van der Waals surface area contributed by atoms with E-state index in [1.165, 1.54) is 37.2 Å². The van der Waals surface area contributed by atoms with Crippen LogP contribution in [-0.4, -0.2) is 20.6 Å². The molecule has 1 saturated carbocycles. The van der Waals surface area contributed by atoms with Gasteiger partial charge in [0.15, 0.2) is 4.34 Å². The van der Waals surface area contributed by atoms with Crippen LogP contribution < -0.4 is 5.73 Å². The molecule has 1 aromatic rings. The number of rotatable bonds is 3. The minimum atomic E-state index is 0.335. The number of nitrogens with two attached hydrogens (primary N) is 1. The van der Waals surface area contributed by atoms with Crippen LogP contribution in [0.3, 0.4) is 0 Å². The largest absolute Gasteiger partial charge is 0.327 e. The zero-order valence-corrected chi connectivity index (χ0v) is 11.3. The van der Waals surface area contributed by atoms with E-state index in [0.29, 0.717) is 11.3 Å². The number of hydrogen-bond acceptors (Lipinski definition) is 5. The lowest BCUT2D eigenvalue weighted by Crippen LogP contribution is -2.31. The van der Waals surface area contributed by atoms with E-state index in [9.17, 15) is 0 Å². The first-order valence-electron chi connectivity index (χ1n) is 6.04. The quantitative estimate of drug-likeness (QED) is 0.846. The fourth-order valence-electron chi connectivity index (χ4n) is 2.01. The van der Waals surface area contributed by atoms with E-state index >= 15 is 0 Å².